The minimum Gasteiger partial charge on any atom is -0.357 e. The first kappa shape index (κ1) is 21.2. The third kappa shape index (κ3) is 6.53. The number of amides is 1. The lowest BCUT2D eigenvalue weighted by atomic mass is 10.2. The second-order valence-electron chi connectivity index (χ2n) is 6.29. The fraction of sp³-hybridized carbons (Fsp3) is 0.421. The fourth-order valence-electron chi connectivity index (χ4n) is 2.66. The number of aromatic nitrogens is 2. The normalized spacial score (nSPS) is 13.6. The van der Waals surface area contributed by atoms with E-state index in [1.807, 2.05) is 29.8 Å². The van der Waals surface area contributed by atoms with Gasteiger partial charge in [0, 0.05) is 37.9 Å². The molecule has 1 aliphatic rings. The van der Waals surface area contributed by atoms with Crippen LogP contribution in [0.1, 0.15) is 25.3 Å². The number of aliphatic imine (C=N–C) groups is 1. The maximum atomic E-state index is 11.6. The Kier molecular flexibility index (Phi) is 8.56. The number of halogens is 1. The van der Waals surface area contributed by atoms with Crippen molar-refractivity contribution >= 4 is 35.8 Å². The molecule has 1 heterocycles. The number of hydrogen-bond donors (Lipinski definition) is 3. The second kappa shape index (κ2) is 10.9. The molecule has 1 saturated carbocycles. The summed E-state index contributed by atoms with van der Waals surface area (Å²) in [7, 11) is 0. The number of imidazole rings is 1. The van der Waals surface area contributed by atoms with Crippen molar-refractivity contribution < 1.29 is 4.79 Å². The minimum absolute atomic E-state index is 0. The predicted octanol–water partition coefficient (Wildman–Crippen LogP) is 2.07. The van der Waals surface area contributed by atoms with Gasteiger partial charge in [0.15, 0.2) is 5.96 Å². The van der Waals surface area contributed by atoms with E-state index >= 15 is 0 Å². The SMILES string of the molecule is CCNC(=NCc1ccccc1-n1ccnc1)NCCNC(=O)C1CC1.I. The van der Waals surface area contributed by atoms with Gasteiger partial charge < -0.3 is 20.5 Å². The van der Waals surface area contributed by atoms with Gasteiger partial charge in [-0.3, -0.25) is 4.79 Å². The van der Waals surface area contributed by atoms with Crippen LogP contribution in [0.3, 0.4) is 0 Å². The quantitative estimate of drug-likeness (QED) is 0.233. The van der Waals surface area contributed by atoms with Gasteiger partial charge in [-0.15, -0.1) is 24.0 Å². The third-order valence-corrected chi connectivity index (χ3v) is 4.19. The molecule has 1 fully saturated rings. The molecule has 1 amide bonds. The lowest BCUT2D eigenvalue weighted by Crippen LogP contribution is -2.41. The summed E-state index contributed by atoms with van der Waals surface area (Å²) in [6.07, 6.45) is 7.53. The number of para-hydroxylation sites is 1. The summed E-state index contributed by atoms with van der Waals surface area (Å²) in [5.41, 5.74) is 2.19. The Morgan fingerprint density at radius 3 is 2.70 bits per heavy atom. The summed E-state index contributed by atoms with van der Waals surface area (Å²) in [6.45, 7) is 4.62. The van der Waals surface area contributed by atoms with Crippen LogP contribution in [0.15, 0.2) is 48.0 Å². The van der Waals surface area contributed by atoms with Crippen molar-refractivity contribution in [2.45, 2.75) is 26.3 Å². The van der Waals surface area contributed by atoms with Crippen LogP contribution in [-0.2, 0) is 11.3 Å². The monoisotopic (exact) mass is 482 g/mol. The van der Waals surface area contributed by atoms with Crippen molar-refractivity contribution in [3.63, 3.8) is 0 Å². The van der Waals surface area contributed by atoms with E-state index in [1.54, 1.807) is 12.5 Å². The number of guanidine groups is 1. The van der Waals surface area contributed by atoms with Crippen molar-refractivity contribution in [2.75, 3.05) is 19.6 Å². The van der Waals surface area contributed by atoms with Crippen molar-refractivity contribution in [3.05, 3.63) is 48.5 Å². The van der Waals surface area contributed by atoms with Gasteiger partial charge in [0.1, 0.15) is 0 Å². The number of rotatable bonds is 8. The number of benzene rings is 1. The molecule has 0 aliphatic heterocycles. The first-order valence-corrected chi connectivity index (χ1v) is 9.14. The Morgan fingerprint density at radius 1 is 1.22 bits per heavy atom. The Hall–Kier alpha value is -2.10. The molecule has 3 N–H and O–H groups in total. The Bertz CT molecular complexity index is 742. The topological polar surface area (TPSA) is 83.3 Å². The number of carbonyl (C=O) groups is 1. The smallest absolute Gasteiger partial charge is 0.223 e. The average molecular weight is 482 g/mol. The standard InChI is InChI=1S/C19H26N6O.HI/c1-2-21-19(23-10-9-22-18(26)15-7-8-15)24-13-16-5-3-4-6-17(16)25-12-11-20-14-25;/h3-6,11-12,14-15H,2,7-10,13H2,1H3,(H,22,26)(H2,21,23,24);1H. The first-order valence-electron chi connectivity index (χ1n) is 9.14. The van der Waals surface area contributed by atoms with E-state index in [4.69, 9.17) is 0 Å². The van der Waals surface area contributed by atoms with Crippen molar-refractivity contribution in [1.29, 1.82) is 0 Å². The number of carbonyl (C=O) groups excluding carboxylic acids is 1. The highest BCUT2D eigenvalue weighted by molar-refractivity contribution is 14.0. The molecular formula is C19H27IN6O. The van der Waals surface area contributed by atoms with Gasteiger partial charge in [-0.2, -0.15) is 0 Å². The van der Waals surface area contributed by atoms with Gasteiger partial charge in [0.05, 0.1) is 18.6 Å². The predicted molar refractivity (Wildman–Crippen MR) is 118 cm³/mol. The number of nitrogens with one attached hydrogen (secondary N) is 3. The van der Waals surface area contributed by atoms with E-state index in [-0.39, 0.29) is 35.8 Å². The van der Waals surface area contributed by atoms with E-state index in [9.17, 15) is 4.79 Å². The highest BCUT2D eigenvalue weighted by Crippen LogP contribution is 2.28. The molecule has 0 unspecified atom stereocenters. The molecule has 146 valence electrons. The van der Waals surface area contributed by atoms with Crippen LogP contribution in [0, 0.1) is 5.92 Å². The molecular weight excluding hydrogens is 455 g/mol. The highest BCUT2D eigenvalue weighted by Gasteiger charge is 2.28. The van der Waals surface area contributed by atoms with Crippen LogP contribution in [0.4, 0.5) is 0 Å². The van der Waals surface area contributed by atoms with E-state index in [0.29, 0.717) is 19.6 Å². The lowest BCUT2D eigenvalue weighted by Gasteiger charge is -2.13. The molecule has 0 radical (unpaired) electrons. The molecule has 0 saturated heterocycles. The highest BCUT2D eigenvalue weighted by atomic mass is 127. The molecule has 1 aromatic heterocycles. The van der Waals surface area contributed by atoms with Crippen LogP contribution in [-0.4, -0.2) is 41.1 Å². The molecule has 0 bridgehead atoms. The average Bonchev–Trinajstić information content (AvgIpc) is 3.38. The van der Waals surface area contributed by atoms with E-state index in [0.717, 1.165) is 36.6 Å². The number of nitrogens with zero attached hydrogens (tertiary/aromatic N) is 3. The van der Waals surface area contributed by atoms with Crippen LogP contribution < -0.4 is 16.0 Å². The van der Waals surface area contributed by atoms with Gasteiger partial charge >= 0.3 is 0 Å². The lowest BCUT2D eigenvalue weighted by molar-refractivity contribution is -0.122. The summed E-state index contributed by atoms with van der Waals surface area (Å²) < 4.78 is 1.98. The first-order chi connectivity index (χ1) is 12.8. The van der Waals surface area contributed by atoms with Gasteiger partial charge in [-0.25, -0.2) is 9.98 Å². The Balaban J connectivity index is 0.00000261. The number of hydrogen-bond acceptors (Lipinski definition) is 3. The summed E-state index contributed by atoms with van der Waals surface area (Å²) in [4.78, 5) is 20.4. The Morgan fingerprint density at radius 2 is 2.00 bits per heavy atom. The molecule has 0 spiro atoms. The maximum Gasteiger partial charge on any atom is 0.223 e. The van der Waals surface area contributed by atoms with Crippen LogP contribution >= 0.6 is 24.0 Å². The zero-order valence-corrected chi connectivity index (χ0v) is 17.8. The van der Waals surface area contributed by atoms with Gasteiger partial charge in [-0.1, -0.05) is 18.2 Å². The van der Waals surface area contributed by atoms with Gasteiger partial charge in [0.25, 0.3) is 0 Å². The molecule has 27 heavy (non-hydrogen) atoms. The van der Waals surface area contributed by atoms with Gasteiger partial charge in [-0.05, 0) is 31.4 Å². The van der Waals surface area contributed by atoms with Gasteiger partial charge in [0.2, 0.25) is 5.91 Å². The van der Waals surface area contributed by atoms with Crippen LogP contribution in [0.25, 0.3) is 5.69 Å². The van der Waals surface area contributed by atoms with E-state index in [2.05, 4.69) is 38.1 Å². The third-order valence-electron chi connectivity index (χ3n) is 4.19. The molecule has 1 aliphatic carbocycles. The van der Waals surface area contributed by atoms with Crippen molar-refractivity contribution in [1.82, 2.24) is 25.5 Å². The van der Waals surface area contributed by atoms with E-state index in [1.165, 1.54) is 0 Å². The molecule has 1 aromatic carbocycles. The summed E-state index contributed by atoms with van der Waals surface area (Å²) in [6, 6.07) is 8.14. The largest absolute Gasteiger partial charge is 0.357 e. The van der Waals surface area contributed by atoms with E-state index < -0.39 is 0 Å². The molecule has 8 heteroatoms. The van der Waals surface area contributed by atoms with Crippen molar-refractivity contribution in [3.8, 4) is 5.69 Å². The molecule has 7 nitrogen and oxygen atoms in total. The Labute approximate surface area is 177 Å². The minimum atomic E-state index is 0. The van der Waals surface area contributed by atoms with Crippen LogP contribution in [0.2, 0.25) is 0 Å². The zero-order valence-electron chi connectivity index (χ0n) is 15.5. The summed E-state index contributed by atoms with van der Waals surface area (Å²) >= 11 is 0. The summed E-state index contributed by atoms with van der Waals surface area (Å²) in [5.74, 6) is 1.16. The molecule has 0 atom stereocenters. The summed E-state index contributed by atoms with van der Waals surface area (Å²) in [5, 5.41) is 9.45. The molecule has 2 aromatic rings. The second-order valence-corrected chi connectivity index (χ2v) is 6.29. The fourth-order valence-corrected chi connectivity index (χ4v) is 2.66. The van der Waals surface area contributed by atoms with Crippen LogP contribution in [0.5, 0.6) is 0 Å². The maximum absolute atomic E-state index is 11.6. The van der Waals surface area contributed by atoms with Crippen molar-refractivity contribution in [2.24, 2.45) is 10.9 Å². The zero-order chi connectivity index (χ0) is 18.2. The molecule has 3 rings (SSSR count).